The van der Waals surface area contributed by atoms with Crippen molar-refractivity contribution in [2.75, 3.05) is 7.05 Å². The van der Waals surface area contributed by atoms with Gasteiger partial charge < -0.3 is 10.2 Å². The van der Waals surface area contributed by atoms with E-state index in [-0.39, 0.29) is 17.7 Å². The normalized spacial score (nSPS) is 11.6. The molecule has 0 aliphatic heterocycles. The molecule has 27 heavy (non-hydrogen) atoms. The Hall–Kier alpha value is -3.13. The van der Waals surface area contributed by atoms with Gasteiger partial charge in [0.2, 0.25) is 0 Å². The number of aryl methyl sites for hydroxylation is 1. The van der Waals surface area contributed by atoms with Gasteiger partial charge in [0.05, 0.1) is 17.7 Å². The molecule has 0 saturated carbocycles. The minimum atomic E-state index is -0.634. The van der Waals surface area contributed by atoms with Crippen LogP contribution in [-0.4, -0.2) is 29.8 Å². The van der Waals surface area contributed by atoms with Gasteiger partial charge in [-0.1, -0.05) is 55.8 Å². The fourth-order valence-electron chi connectivity index (χ4n) is 2.82. The molecule has 2 aromatic carbocycles. The molecule has 0 fully saturated rings. The highest BCUT2D eigenvalue weighted by Gasteiger charge is 2.26. The molecule has 0 heterocycles. The SMILES string of the molecule is Cc1cccc(CN(C)C(=O)NC(C(=O)c2ccc(C#N)cc2)C(C)C)c1. The van der Waals surface area contributed by atoms with E-state index >= 15 is 0 Å². The average Bonchev–Trinajstić information content (AvgIpc) is 2.65. The van der Waals surface area contributed by atoms with Gasteiger partial charge in [0.25, 0.3) is 0 Å². The number of benzene rings is 2. The molecule has 140 valence electrons. The number of carbonyl (C=O) groups excluding carboxylic acids is 2. The molecule has 0 bridgehead atoms. The number of rotatable bonds is 6. The summed E-state index contributed by atoms with van der Waals surface area (Å²) in [6, 6.07) is 15.5. The van der Waals surface area contributed by atoms with E-state index in [0.717, 1.165) is 11.1 Å². The summed E-state index contributed by atoms with van der Waals surface area (Å²) in [7, 11) is 1.71. The molecule has 1 unspecified atom stereocenters. The summed E-state index contributed by atoms with van der Waals surface area (Å²) >= 11 is 0. The number of nitrogens with zero attached hydrogens (tertiary/aromatic N) is 2. The Morgan fingerprint density at radius 2 is 1.81 bits per heavy atom. The van der Waals surface area contributed by atoms with Crippen LogP contribution in [0.25, 0.3) is 0 Å². The van der Waals surface area contributed by atoms with Crippen LogP contribution in [0.5, 0.6) is 0 Å². The first-order chi connectivity index (χ1) is 12.8. The number of carbonyl (C=O) groups is 2. The van der Waals surface area contributed by atoms with E-state index in [0.29, 0.717) is 17.7 Å². The van der Waals surface area contributed by atoms with Crippen LogP contribution in [0.2, 0.25) is 0 Å². The van der Waals surface area contributed by atoms with Crippen molar-refractivity contribution in [1.82, 2.24) is 10.2 Å². The fraction of sp³-hybridized carbons (Fsp3) is 0.318. The molecule has 0 aliphatic rings. The third kappa shape index (κ3) is 5.42. The average molecular weight is 363 g/mol. The van der Waals surface area contributed by atoms with Crippen LogP contribution < -0.4 is 5.32 Å². The van der Waals surface area contributed by atoms with Crippen LogP contribution in [0.3, 0.4) is 0 Å². The van der Waals surface area contributed by atoms with E-state index in [4.69, 9.17) is 5.26 Å². The van der Waals surface area contributed by atoms with Gasteiger partial charge in [-0.3, -0.25) is 4.79 Å². The minimum absolute atomic E-state index is 0.0653. The molecular weight excluding hydrogens is 338 g/mol. The second-order valence-corrected chi connectivity index (χ2v) is 7.07. The van der Waals surface area contributed by atoms with Gasteiger partial charge in [0, 0.05) is 19.2 Å². The van der Waals surface area contributed by atoms with Crippen LogP contribution >= 0.6 is 0 Å². The molecule has 5 heteroatoms. The lowest BCUT2D eigenvalue weighted by molar-refractivity contribution is 0.0915. The number of ketones is 1. The molecule has 1 atom stereocenters. The highest BCUT2D eigenvalue weighted by atomic mass is 16.2. The highest BCUT2D eigenvalue weighted by molar-refractivity contribution is 6.02. The number of urea groups is 1. The number of nitriles is 1. The van der Waals surface area contributed by atoms with Crippen molar-refractivity contribution in [2.24, 2.45) is 5.92 Å². The topological polar surface area (TPSA) is 73.2 Å². The maximum atomic E-state index is 12.8. The van der Waals surface area contributed by atoms with Crippen LogP contribution in [0.4, 0.5) is 4.79 Å². The quantitative estimate of drug-likeness (QED) is 0.791. The number of hydrogen-bond acceptors (Lipinski definition) is 3. The van der Waals surface area contributed by atoms with Crippen molar-refractivity contribution in [1.29, 1.82) is 5.26 Å². The molecule has 0 spiro atoms. The van der Waals surface area contributed by atoms with Crippen molar-refractivity contribution in [2.45, 2.75) is 33.4 Å². The van der Waals surface area contributed by atoms with Crippen LogP contribution in [0.15, 0.2) is 48.5 Å². The van der Waals surface area contributed by atoms with Gasteiger partial charge >= 0.3 is 6.03 Å². The predicted molar refractivity (Wildman–Crippen MR) is 105 cm³/mol. The van der Waals surface area contributed by atoms with Crippen molar-refractivity contribution < 1.29 is 9.59 Å². The number of hydrogen-bond donors (Lipinski definition) is 1. The summed E-state index contributed by atoms with van der Waals surface area (Å²) in [5, 5.41) is 11.7. The van der Waals surface area contributed by atoms with E-state index in [1.165, 1.54) is 0 Å². The molecular formula is C22H25N3O2. The zero-order valence-electron chi connectivity index (χ0n) is 16.2. The smallest absolute Gasteiger partial charge is 0.318 e. The molecule has 0 radical (unpaired) electrons. The Labute approximate surface area is 160 Å². The van der Waals surface area contributed by atoms with Crippen LogP contribution in [-0.2, 0) is 6.54 Å². The summed E-state index contributed by atoms with van der Waals surface area (Å²) < 4.78 is 0. The zero-order chi connectivity index (χ0) is 20.0. The van der Waals surface area contributed by atoms with E-state index in [9.17, 15) is 9.59 Å². The Morgan fingerprint density at radius 1 is 1.15 bits per heavy atom. The Morgan fingerprint density at radius 3 is 2.37 bits per heavy atom. The molecule has 2 rings (SSSR count). The van der Waals surface area contributed by atoms with Gasteiger partial charge in [-0.15, -0.1) is 0 Å². The minimum Gasteiger partial charge on any atom is -0.328 e. The zero-order valence-corrected chi connectivity index (χ0v) is 16.2. The van der Waals surface area contributed by atoms with Gasteiger partial charge in [0.15, 0.2) is 5.78 Å². The van der Waals surface area contributed by atoms with E-state index in [1.807, 2.05) is 51.1 Å². The Bertz CT molecular complexity index is 851. The first kappa shape index (κ1) is 20.2. The maximum Gasteiger partial charge on any atom is 0.318 e. The van der Waals surface area contributed by atoms with Crippen molar-refractivity contribution >= 4 is 11.8 Å². The number of nitrogens with one attached hydrogen (secondary N) is 1. The van der Waals surface area contributed by atoms with E-state index in [1.54, 1.807) is 36.2 Å². The van der Waals surface area contributed by atoms with Gasteiger partial charge in [-0.25, -0.2) is 4.79 Å². The summed E-state index contributed by atoms with van der Waals surface area (Å²) in [5.74, 6) is -0.226. The molecule has 0 aromatic heterocycles. The molecule has 0 saturated heterocycles. The first-order valence-corrected chi connectivity index (χ1v) is 8.93. The van der Waals surface area contributed by atoms with Gasteiger partial charge in [0.1, 0.15) is 0 Å². The lowest BCUT2D eigenvalue weighted by Gasteiger charge is -2.25. The second kappa shape index (κ2) is 9.00. The summed E-state index contributed by atoms with van der Waals surface area (Å²) in [4.78, 5) is 27.0. The largest absolute Gasteiger partial charge is 0.328 e. The summed E-state index contributed by atoms with van der Waals surface area (Å²) in [5.41, 5.74) is 3.15. The van der Waals surface area contributed by atoms with Crippen LogP contribution in [0, 0.1) is 24.2 Å². The number of Topliss-reactive ketones (excluding diaryl/α,β-unsaturated/α-hetero) is 1. The Kier molecular flexibility index (Phi) is 6.73. The molecule has 1 N–H and O–H groups in total. The van der Waals surface area contributed by atoms with Crippen LogP contribution in [0.1, 0.15) is 40.9 Å². The van der Waals surface area contributed by atoms with Gasteiger partial charge in [-0.2, -0.15) is 5.26 Å². The van der Waals surface area contributed by atoms with Gasteiger partial charge in [-0.05, 0) is 30.5 Å². The highest BCUT2D eigenvalue weighted by Crippen LogP contribution is 2.13. The van der Waals surface area contributed by atoms with E-state index in [2.05, 4.69) is 5.32 Å². The lowest BCUT2D eigenvalue weighted by Crippen LogP contribution is -2.49. The molecule has 2 aromatic rings. The second-order valence-electron chi connectivity index (χ2n) is 7.07. The number of amides is 2. The maximum absolute atomic E-state index is 12.8. The van der Waals surface area contributed by atoms with Crippen molar-refractivity contribution in [3.8, 4) is 6.07 Å². The predicted octanol–water partition coefficient (Wildman–Crippen LogP) is 3.92. The third-order valence-electron chi connectivity index (χ3n) is 4.38. The third-order valence-corrected chi connectivity index (χ3v) is 4.38. The van der Waals surface area contributed by atoms with E-state index < -0.39 is 6.04 Å². The monoisotopic (exact) mass is 363 g/mol. The van der Waals surface area contributed by atoms with Crippen molar-refractivity contribution in [3.63, 3.8) is 0 Å². The van der Waals surface area contributed by atoms with Crippen molar-refractivity contribution in [3.05, 3.63) is 70.8 Å². The lowest BCUT2D eigenvalue weighted by atomic mass is 9.94. The molecule has 2 amide bonds. The summed E-state index contributed by atoms with van der Waals surface area (Å²) in [6.45, 7) is 6.26. The molecule has 5 nitrogen and oxygen atoms in total. The molecule has 0 aliphatic carbocycles. The standard InChI is InChI=1S/C22H25N3O2/c1-15(2)20(21(26)19-10-8-17(13-23)9-11-19)24-22(27)25(4)14-18-7-5-6-16(3)12-18/h5-12,15,20H,14H2,1-4H3,(H,24,27). The fourth-order valence-corrected chi connectivity index (χ4v) is 2.82. The Balaban J connectivity index is 2.08. The summed E-state index contributed by atoms with van der Waals surface area (Å²) in [6.07, 6.45) is 0. The first-order valence-electron chi connectivity index (χ1n) is 8.93.